The highest BCUT2D eigenvalue weighted by molar-refractivity contribution is 5.99. The molecule has 150 valence electrons. The van der Waals surface area contributed by atoms with E-state index in [0.717, 1.165) is 5.56 Å². The van der Waals surface area contributed by atoms with Crippen molar-refractivity contribution < 1.29 is 9.18 Å². The molecule has 0 aliphatic carbocycles. The summed E-state index contributed by atoms with van der Waals surface area (Å²) < 4.78 is 15.4. The Hall–Kier alpha value is -3.66. The highest BCUT2D eigenvalue weighted by atomic mass is 19.1. The van der Waals surface area contributed by atoms with Gasteiger partial charge in [-0.3, -0.25) is 19.7 Å². The number of rotatable bonds is 4. The second-order valence-corrected chi connectivity index (χ2v) is 7.45. The molecule has 0 spiro atoms. The van der Waals surface area contributed by atoms with Gasteiger partial charge in [0.1, 0.15) is 11.7 Å². The quantitative estimate of drug-likeness (QED) is 0.667. The normalized spacial score (nSPS) is 15.4. The smallest absolute Gasteiger partial charge is 0.256 e. The van der Waals surface area contributed by atoms with E-state index in [2.05, 4.69) is 15.0 Å². The fraction of sp³-hybridized carbons (Fsp3) is 0.261. The molecular formula is C23H20FN5O. The average molecular weight is 401 g/mol. The number of hydrogen-bond donors (Lipinski definition) is 0. The van der Waals surface area contributed by atoms with Crippen molar-refractivity contribution in [1.82, 2.24) is 19.9 Å². The molecule has 0 N–H and O–H groups in total. The maximum atomic E-state index is 15.4. The Morgan fingerprint density at radius 2 is 1.90 bits per heavy atom. The maximum absolute atomic E-state index is 15.4. The van der Waals surface area contributed by atoms with E-state index in [1.807, 2.05) is 18.2 Å². The van der Waals surface area contributed by atoms with Crippen LogP contribution in [0.5, 0.6) is 0 Å². The zero-order valence-corrected chi connectivity index (χ0v) is 16.3. The fourth-order valence-electron chi connectivity index (χ4n) is 3.79. The molecule has 6 nitrogen and oxygen atoms in total. The summed E-state index contributed by atoms with van der Waals surface area (Å²) in [5.74, 6) is -0.148. The first-order valence-corrected chi connectivity index (χ1v) is 9.76. The Labute approximate surface area is 174 Å². The first kappa shape index (κ1) is 19.6. The summed E-state index contributed by atoms with van der Waals surface area (Å²) in [6.07, 6.45) is 8.69. The number of nitrogens with zero attached hydrogens (tertiary/aromatic N) is 5. The van der Waals surface area contributed by atoms with Gasteiger partial charge in [0.2, 0.25) is 0 Å². The fourth-order valence-corrected chi connectivity index (χ4v) is 3.79. The Balaban J connectivity index is 1.47. The highest BCUT2D eigenvalue weighted by Crippen LogP contribution is 2.32. The van der Waals surface area contributed by atoms with Crippen LogP contribution in [0.1, 0.15) is 34.3 Å². The minimum absolute atomic E-state index is 0.148. The van der Waals surface area contributed by atoms with Crippen LogP contribution in [0.3, 0.4) is 0 Å². The number of aromatic nitrogens is 3. The molecule has 1 fully saturated rings. The van der Waals surface area contributed by atoms with Crippen molar-refractivity contribution in [1.29, 1.82) is 5.26 Å². The van der Waals surface area contributed by atoms with Gasteiger partial charge in [-0.2, -0.15) is 5.26 Å². The average Bonchev–Trinajstić information content (AvgIpc) is 2.79. The van der Waals surface area contributed by atoms with E-state index >= 15 is 4.39 Å². The predicted molar refractivity (Wildman–Crippen MR) is 109 cm³/mol. The Kier molecular flexibility index (Phi) is 5.48. The van der Waals surface area contributed by atoms with Crippen molar-refractivity contribution in [3.8, 4) is 17.3 Å². The lowest BCUT2D eigenvalue weighted by atomic mass is 9.87. The van der Waals surface area contributed by atoms with Gasteiger partial charge < -0.3 is 4.90 Å². The van der Waals surface area contributed by atoms with Crippen LogP contribution < -0.4 is 0 Å². The van der Waals surface area contributed by atoms with Crippen LogP contribution in [-0.4, -0.2) is 44.5 Å². The number of carbonyl (C=O) groups excluding carboxylic acids is 1. The molecule has 0 radical (unpaired) electrons. The van der Waals surface area contributed by atoms with Crippen LogP contribution in [-0.2, 0) is 6.42 Å². The molecular weight excluding hydrogens is 381 g/mol. The molecule has 0 unspecified atom stereocenters. The zero-order chi connectivity index (χ0) is 21.0. The summed E-state index contributed by atoms with van der Waals surface area (Å²) >= 11 is 0. The van der Waals surface area contributed by atoms with E-state index in [0.29, 0.717) is 35.5 Å². The minimum Gasteiger partial charge on any atom is -0.338 e. The van der Waals surface area contributed by atoms with Crippen LogP contribution in [0, 0.1) is 11.3 Å². The van der Waals surface area contributed by atoms with E-state index in [1.54, 1.807) is 47.9 Å². The largest absolute Gasteiger partial charge is 0.338 e. The lowest BCUT2D eigenvalue weighted by molar-refractivity contribution is 0.0437. The van der Waals surface area contributed by atoms with E-state index in [1.165, 1.54) is 6.20 Å². The first-order valence-electron chi connectivity index (χ1n) is 9.76. The number of halogens is 1. The van der Waals surface area contributed by atoms with Crippen LogP contribution in [0.25, 0.3) is 11.3 Å². The van der Waals surface area contributed by atoms with Crippen LogP contribution in [0.4, 0.5) is 4.39 Å². The summed E-state index contributed by atoms with van der Waals surface area (Å²) in [4.78, 5) is 27.2. The maximum Gasteiger partial charge on any atom is 0.256 e. The van der Waals surface area contributed by atoms with Crippen molar-refractivity contribution in [3.05, 3.63) is 78.0 Å². The third-order valence-corrected chi connectivity index (χ3v) is 5.38. The number of alkyl halides is 1. The molecule has 30 heavy (non-hydrogen) atoms. The number of hydrogen-bond acceptors (Lipinski definition) is 5. The van der Waals surface area contributed by atoms with Crippen molar-refractivity contribution in [2.24, 2.45) is 0 Å². The van der Waals surface area contributed by atoms with Crippen LogP contribution in [0.2, 0.25) is 0 Å². The Morgan fingerprint density at radius 1 is 1.13 bits per heavy atom. The molecule has 4 heterocycles. The van der Waals surface area contributed by atoms with Gasteiger partial charge in [0.25, 0.3) is 5.91 Å². The lowest BCUT2D eigenvalue weighted by Crippen LogP contribution is -2.45. The van der Waals surface area contributed by atoms with Gasteiger partial charge in [-0.15, -0.1) is 0 Å². The molecule has 1 aliphatic rings. The molecule has 1 aliphatic heterocycles. The molecule has 4 rings (SSSR count). The SMILES string of the molecule is N#Cc1cncc(CC2(F)CCN(C(=O)c3cccnc3-c3ccncc3)CC2)c1. The van der Waals surface area contributed by atoms with E-state index < -0.39 is 5.67 Å². The molecule has 1 amide bonds. The second kappa shape index (κ2) is 8.37. The van der Waals surface area contributed by atoms with Crippen LogP contribution in [0.15, 0.2) is 61.3 Å². The number of pyridine rings is 3. The van der Waals surface area contributed by atoms with Gasteiger partial charge >= 0.3 is 0 Å². The summed E-state index contributed by atoms with van der Waals surface area (Å²) in [7, 11) is 0. The monoisotopic (exact) mass is 401 g/mol. The Morgan fingerprint density at radius 3 is 2.63 bits per heavy atom. The molecule has 0 aromatic carbocycles. The number of piperidine rings is 1. The van der Waals surface area contributed by atoms with Gasteiger partial charge in [0, 0.05) is 56.1 Å². The molecule has 3 aromatic rings. The number of carbonyl (C=O) groups is 1. The highest BCUT2D eigenvalue weighted by Gasteiger charge is 2.36. The standard InChI is InChI=1S/C23H20FN5O/c24-23(13-17-12-18(14-25)16-27-15-17)5-10-29(11-6-23)22(30)20-2-1-7-28-21(20)19-3-8-26-9-4-19/h1-4,7-9,12,15-16H,5-6,10-11,13H2. The van der Waals surface area contributed by atoms with Crippen molar-refractivity contribution in [2.75, 3.05) is 13.1 Å². The van der Waals surface area contributed by atoms with Gasteiger partial charge in [0.05, 0.1) is 16.8 Å². The molecule has 7 heteroatoms. The Bertz CT molecular complexity index is 1090. The van der Waals surface area contributed by atoms with Crippen molar-refractivity contribution >= 4 is 5.91 Å². The van der Waals surface area contributed by atoms with E-state index in [4.69, 9.17) is 5.26 Å². The van der Waals surface area contributed by atoms with Gasteiger partial charge in [-0.1, -0.05) is 0 Å². The second-order valence-electron chi connectivity index (χ2n) is 7.45. The van der Waals surface area contributed by atoms with Crippen molar-refractivity contribution in [2.45, 2.75) is 24.9 Å². The van der Waals surface area contributed by atoms with Gasteiger partial charge in [-0.25, -0.2) is 4.39 Å². The third kappa shape index (κ3) is 4.18. The lowest BCUT2D eigenvalue weighted by Gasteiger charge is -2.36. The topological polar surface area (TPSA) is 82.8 Å². The molecule has 0 atom stereocenters. The number of amides is 1. The molecule has 0 saturated carbocycles. The number of likely N-dealkylation sites (tertiary alicyclic amines) is 1. The first-order chi connectivity index (χ1) is 14.6. The summed E-state index contributed by atoms with van der Waals surface area (Å²) in [5.41, 5.74) is 1.61. The van der Waals surface area contributed by atoms with E-state index in [9.17, 15) is 4.79 Å². The molecule has 3 aromatic heterocycles. The molecule has 1 saturated heterocycles. The third-order valence-electron chi connectivity index (χ3n) is 5.38. The predicted octanol–water partition coefficient (Wildman–Crippen LogP) is 3.60. The summed E-state index contributed by atoms with van der Waals surface area (Å²) in [5, 5.41) is 9.00. The van der Waals surface area contributed by atoms with Gasteiger partial charge in [0.15, 0.2) is 0 Å². The summed E-state index contributed by atoms with van der Waals surface area (Å²) in [6.45, 7) is 0.650. The minimum atomic E-state index is -1.42. The molecule has 0 bridgehead atoms. The summed E-state index contributed by atoms with van der Waals surface area (Å²) in [6, 6.07) is 10.8. The number of nitriles is 1. The van der Waals surface area contributed by atoms with Gasteiger partial charge in [-0.05, 0) is 48.7 Å². The van der Waals surface area contributed by atoms with Crippen LogP contribution >= 0.6 is 0 Å². The van der Waals surface area contributed by atoms with E-state index in [-0.39, 0.29) is 25.2 Å². The van der Waals surface area contributed by atoms with Crippen molar-refractivity contribution in [3.63, 3.8) is 0 Å². The zero-order valence-electron chi connectivity index (χ0n) is 16.3.